The fraction of sp³-hybridized carbons (Fsp3) is 0.350. The molecule has 2 aromatic rings. The Kier molecular flexibility index (Phi) is 5.79. The van der Waals surface area contributed by atoms with E-state index in [1.54, 1.807) is 6.07 Å². The number of carbonyl (C=O) groups is 1. The molecule has 2 aliphatic rings. The maximum absolute atomic E-state index is 13.0. The second-order valence-electron chi connectivity index (χ2n) is 7.26. The molecule has 2 aliphatic heterocycles. The molecule has 0 atom stereocenters. The second kappa shape index (κ2) is 8.52. The van der Waals surface area contributed by atoms with Crippen molar-refractivity contribution in [2.45, 2.75) is 23.8 Å². The lowest BCUT2D eigenvalue weighted by Crippen LogP contribution is -2.46. The number of ether oxygens (including phenoxy) is 2. The van der Waals surface area contributed by atoms with Crippen molar-refractivity contribution in [1.82, 2.24) is 9.62 Å². The Bertz CT molecular complexity index is 1110. The van der Waals surface area contributed by atoms with Crippen LogP contribution in [0.25, 0.3) is 0 Å². The molecular formula is C20H21N3O7S. The maximum atomic E-state index is 13.0. The standard InChI is InChI=1S/C20H21N3O7S/c24-20(14-2-1-3-16(12-14)23(25)26)21-15-6-8-22(9-7-15)31(27,28)17-4-5-18-19(13-17)30-11-10-29-18/h1-5,12-13,15H,6-11H2,(H,21,24). The van der Waals surface area contributed by atoms with Gasteiger partial charge in [0.05, 0.1) is 9.82 Å². The molecule has 11 heteroatoms. The molecule has 0 unspecified atom stereocenters. The molecule has 4 rings (SSSR count). The predicted octanol–water partition coefficient (Wildman–Crippen LogP) is 1.95. The number of sulfonamides is 1. The number of nitro benzene ring substituents is 1. The minimum Gasteiger partial charge on any atom is -0.486 e. The number of nitrogens with one attached hydrogen (secondary N) is 1. The van der Waals surface area contributed by atoms with Crippen molar-refractivity contribution in [2.24, 2.45) is 0 Å². The van der Waals surface area contributed by atoms with Crippen LogP contribution in [0.5, 0.6) is 11.5 Å². The van der Waals surface area contributed by atoms with E-state index >= 15 is 0 Å². The van der Waals surface area contributed by atoms with Crippen LogP contribution in [0.3, 0.4) is 0 Å². The van der Waals surface area contributed by atoms with Gasteiger partial charge >= 0.3 is 0 Å². The average molecular weight is 447 g/mol. The summed E-state index contributed by atoms with van der Waals surface area (Å²) in [6.45, 7) is 1.29. The van der Waals surface area contributed by atoms with Gasteiger partial charge in [-0.25, -0.2) is 8.42 Å². The van der Waals surface area contributed by atoms with E-state index < -0.39 is 20.9 Å². The van der Waals surface area contributed by atoms with Crippen molar-refractivity contribution in [3.63, 3.8) is 0 Å². The van der Waals surface area contributed by atoms with Crippen molar-refractivity contribution < 1.29 is 27.6 Å². The van der Waals surface area contributed by atoms with E-state index in [1.807, 2.05) is 0 Å². The number of nitro groups is 1. The van der Waals surface area contributed by atoms with Gasteiger partial charge in [-0.3, -0.25) is 14.9 Å². The van der Waals surface area contributed by atoms with Crippen LogP contribution in [0.1, 0.15) is 23.2 Å². The normalized spacial score (nSPS) is 17.2. The van der Waals surface area contributed by atoms with Gasteiger partial charge < -0.3 is 14.8 Å². The van der Waals surface area contributed by atoms with Crippen molar-refractivity contribution in [1.29, 1.82) is 0 Å². The smallest absolute Gasteiger partial charge is 0.270 e. The van der Waals surface area contributed by atoms with Crippen LogP contribution < -0.4 is 14.8 Å². The molecule has 0 radical (unpaired) electrons. The van der Waals surface area contributed by atoms with Gasteiger partial charge in [-0.2, -0.15) is 4.31 Å². The third kappa shape index (κ3) is 4.47. The van der Waals surface area contributed by atoms with Crippen LogP contribution in [0.2, 0.25) is 0 Å². The Labute approximate surface area is 179 Å². The van der Waals surface area contributed by atoms with Crippen LogP contribution in [0, 0.1) is 10.1 Å². The summed E-state index contributed by atoms with van der Waals surface area (Å²) in [6.07, 6.45) is 0.870. The van der Waals surface area contributed by atoms with E-state index in [4.69, 9.17) is 9.47 Å². The lowest BCUT2D eigenvalue weighted by molar-refractivity contribution is -0.384. The van der Waals surface area contributed by atoms with E-state index in [0.29, 0.717) is 37.6 Å². The fourth-order valence-electron chi connectivity index (χ4n) is 3.60. The van der Waals surface area contributed by atoms with Gasteiger partial charge in [-0.15, -0.1) is 0 Å². The second-order valence-corrected chi connectivity index (χ2v) is 9.20. The summed E-state index contributed by atoms with van der Waals surface area (Å²) in [5.41, 5.74) is 0.0357. The van der Waals surface area contributed by atoms with E-state index in [1.165, 1.54) is 40.7 Å². The van der Waals surface area contributed by atoms with Crippen LogP contribution in [-0.4, -0.2) is 55.9 Å². The highest BCUT2D eigenvalue weighted by Gasteiger charge is 2.31. The molecule has 0 aliphatic carbocycles. The van der Waals surface area contributed by atoms with Crippen LogP contribution in [0.4, 0.5) is 5.69 Å². The summed E-state index contributed by atoms with van der Waals surface area (Å²) in [5.74, 6) is 0.510. The molecule has 0 aromatic heterocycles. The fourth-order valence-corrected chi connectivity index (χ4v) is 5.09. The summed E-state index contributed by atoms with van der Waals surface area (Å²) in [7, 11) is -3.70. The van der Waals surface area contributed by atoms with Gasteiger partial charge in [0.15, 0.2) is 11.5 Å². The number of amides is 1. The first kappa shape index (κ1) is 21.1. The van der Waals surface area contributed by atoms with Crippen LogP contribution in [-0.2, 0) is 10.0 Å². The molecule has 1 N–H and O–H groups in total. The molecule has 0 spiro atoms. The summed E-state index contributed by atoms with van der Waals surface area (Å²) in [6, 6.07) is 9.83. The number of hydrogen-bond donors (Lipinski definition) is 1. The highest BCUT2D eigenvalue weighted by molar-refractivity contribution is 7.89. The monoisotopic (exact) mass is 447 g/mol. The number of hydrogen-bond acceptors (Lipinski definition) is 7. The van der Waals surface area contributed by atoms with Crippen molar-refractivity contribution >= 4 is 21.6 Å². The number of benzene rings is 2. The lowest BCUT2D eigenvalue weighted by atomic mass is 10.1. The summed E-state index contributed by atoms with van der Waals surface area (Å²) in [5, 5.41) is 13.7. The highest BCUT2D eigenvalue weighted by Crippen LogP contribution is 2.33. The number of carbonyl (C=O) groups excluding carboxylic acids is 1. The zero-order valence-corrected chi connectivity index (χ0v) is 17.3. The molecule has 164 valence electrons. The minimum atomic E-state index is -3.70. The lowest BCUT2D eigenvalue weighted by Gasteiger charge is -2.31. The van der Waals surface area contributed by atoms with Gasteiger partial charge in [0.1, 0.15) is 13.2 Å². The maximum Gasteiger partial charge on any atom is 0.270 e. The summed E-state index contributed by atoms with van der Waals surface area (Å²) >= 11 is 0. The molecule has 10 nitrogen and oxygen atoms in total. The van der Waals surface area contributed by atoms with Gasteiger partial charge in [0.2, 0.25) is 10.0 Å². The molecule has 31 heavy (non-hydrogen) atoms. The van der Waals surface area contributed by atoms with E-state index in [2.05, 4.69) is 5.32 Å². The highest BCUT2D eigenvalue weighted by atomic mass is 32.2. The summed E-state index contributed by atoms with van der Waals surface area (Å²) < 4.78 is 38.3. The van der Waals surface area contributed by atoms with Gasteiger partial charge in [0.25, 0.3) is 11.6 Å². The van der Waals surface area contributed by atoms with Gasteiger partial charge in [0, 0.05) is 42.9 Å². The van der Waals surface area contributed by atoms with Crippen molar-refractivity contribution in [2.75, 3.05) is 26.3 Å². The third-order valence-corrected chi connectivity index (χ3v) is 7.15. The number of non-ortho nitro benzene ring substituents is 1. The van der Waals surface area contributed by atoms with Crippen LogP contribution in [0.15, 0.2) is 47.4 Å². The number of piperidine rings is 1. The molecule has 2 aromatic carbocycles. The topological polar surface area (TPSA) is 128 Å². The summed E-state index contributed by atoms with van der Waals surface area (Å²) in [4.78, 5) is 22.9. The first-order valence-corrected chi connectivity index (χ1v) is 11.2. The molecule has 0 bridgehead atoms. The Balaban J connectivity index is 1.38. The predicted molar refractivity (Wildman–Crippen MR) is 110 cm³/mol. The first-order valence-electron chi connectivity index (χ1n) is 9.80. The van der Waals surface area contributed by atoms with Crippen molar-refractivity contribution in [3.05, 3.63) is 58.1 Å². The number of fused-ring (bicyclic) bond motifs is 1. The molecule has 1 fully saturated rings. The Hall–Kier alpha value is -3.18. The molecule has 1 saturated heterocycles. The zero-order valence-electron chi connectivity index (χ0n) is 16.5. The van der Waals surface area contributed by atoms with E-state index in [-0.39, 0.29) is 35.3 Å². The van der Waals surface area contributed by atoms with E-state index in [9.17, 15) is 23.3 Å². The van der Waals surface area contributed by atoms with Gasteiger partial charge in [-0.1, -0.05) is 6.07 Å². The Morgan fingerprint density at radius 2 is 1.77 bits per heavy atom. The Morgan fingerprint density at radius 3 is 2.48 bits per heavy atom. The number of rotatable bonds is 5. The van der Waals surface area contributed by atoms with Crippen molar-refractivity contribution in [3.8, 4) is 11.5 Å². The van der Waals surface area contributed by atoms with E-state index in [0.717, 1.165) is 0 Å². The third-order valence-electron chi connectivity index (χ3n) is 5.26. The largest absolute Gasteiger partial charge is 0.486 e. The quantitative estimate of drug-likeness (QED) is 0.548. The average Bonchev–Trinajstić information content (AvgIpc) is 2.79. The Morgan fingerprint density at radius 1 is 1.06 bits per heavy atom. The molecule has 1 amide bonds. The first-order chi connectivity index (χ1) is 14.8. The molecule has 2 heterocycles. The number of nitrogens with zero attached hydrogens (tertiary/aromatic N) is 2. The van der Waals surface area contributed by atoms with Gasteiger partial charge in [-0.05, 0) is 31.0 Å². The van der Waals surface area contributed by atoms with Crippen LogP contribution >= 0.6 is 0 Å². The SMILES string of the molecule is O=C(NC1CCN(S(=O)(=O)c2ccc3c(c2)OCCO3)CC1)c1cccc([N+](=O)[O-])c1. The molecule has 0 saturated carbocycles. The zero-order chi connectivity index (χ0) is 22.0. The minimum absolute atomic E-state index is 0.135. The molecular weight excluding hydrogens is 426 g/mol.